The second-order valence-corrected chi connectivity index (χ2v) is 8.23. The molecule has 1 fully saturated rings. The molecule has 5 rings (SSSR count). The third kappa shape index (κ3) is 4.62. The third-order valence-corrected chi connectivity index (χ3v) is 6.15. The third-order valence-electron chi connectivity index (χ3n) is 6.15. The van der Waals surface area contributed by atoms with Gasteiger partial charge in [-0.25, -0.2) is 0 Å². The van der Waals surface area contributed by atoms with Crippen LogP contribution in [0, 0.1) is 0 Å². The van der Waals surface area contributed by atoms with Gasteiger partial charge in [-0.05, 0) is 47.5 Å². The standard InChI is InChI=1S/C28H26N4O2/c1-34-25-9-5-8-24(20-25)26-14-15-27(30-29-26)31-16-18-32(19-17-31)28(33)23-12-10-22(11-13-23)21-6-3-2-4-7-21/h2-15,20H,16-19H2,1H3. The molecule has 170 valence electrons. The Morgan fingerprint density at radius 2 is 1.44 bits per heavy atom. The van der Waals surface area contributed by atoms with Gasteiger partial charge in [-0.3, -0.25) is 4.79 Å². The van der Waals surface area contributed by atoms with Crippen molar-refractivity contribution in [3.8, 4) is 28.1 Å². The van der Waals surface area contributed by atoms with Gasteiger partial charge in [0.25, 0.3) is 5.91 Å². The molecule has 0 bridgehead atoms. The zero-order valence-corrected chi connectivity index (χ0v) is 19.1. The molecule has 0 aliphatic carbocycles. The Morgan fingerprint density at radius 3 is 2.12 bits per heavy atom. The first kappa shape index (κ1) is 21.6. The normalized spacial score (nSPS) is 13.6. The Labute approximate surface area is 199 Å². The molecule has 6 nitrogen and oxygen atoms in total. The van der Waals surface area contributed by atoms with Crippen LogP contribution in [0.3, 0.4) is 0 Å². The summed E-state index contributed by atoms with van der Waals surface area (Å²) < 4.78 is 5.29. The highest BCUT2D eigenvalue weighted by Gasteiger charge is 2.23. The average Bonchev–Trinajstić information content (AvgIpc) is 2.93. The van der Waals surface area contributed by atoms with Gasteiger partial charge in [0.2, 0.25) is 0 Å². The maximum Gasteiger partial charge on any atom is 0.253 e. The van der Waals surface area contributed by atoms with Crippen LogP contribution in [0.25, 0.3) is 22.4 Å². The van der Waals surface area contributed by atoms with Crippen LogP contribution in [-0.2, 0) is 0 Å². The molecule has 0 atom stereocenters. The first-order chi connectivity index (χ1) is 16.7. The van der Waals surface area contributed by atoms with E-state index in [0.29, 0.717) is 13.1 Å². The number of aromatic nitrogens is 2. The molecule has 0 radical (unpaired) electrons. The summed E-state index contributed by atoms with van der Waals surface area (Å²) in [5.74, 6) is 1.68. The number of carbonyl (C=O) groups excluding carboxylic acids is 1. The lowest BCUT2D eigenvalue weighted by Gasteiger charge is -2.35. The van der Waals surface area contributed by atoms with E-state index < -0.39 is 0 Å². The lowest BCUT2D eigenvalue weighted by atomic mass is 10.0. The Bertz CT molecular complexity index is 1250. The SMILES string of the molecule is COc1cccc(-c2ccc(N3CCN(C(=O)c4ccc(-c5ccccc5)cc4)CC3)nn2)c1. The lowest BCUT2D eigenvalue weighted by Crippen LogP contribution is -2.49. The minimum atomic E-state index is 0.0683. The molecule has 4 aromatic rings. The molecule has 3 aromatic carbocycles. The Kier molecular flexibility index (Phi) is 6.21. The topological polar surface area (TPSA) is 58.6 Å². The zero-order valence-electron chi connectivity index (χ0n) is 19.1. The number of hydrogen-bond donors (Lipinski definition) is 0. The van der Waals surface area contributed by atoms with Gasteiger partial charge in [0.1, 0.15) is 5.75 Å². The van der Waals surface area contributed by atoms with E-state index in [9.17, 15) is 4.79 Å². The van der Waals surface area contributed by atoms with E-state index in [1.807, 2.05) is 83.8 Å². The molecule has 0 unspecified atom stereocenters. The minimum absolute atomic E-state index is 0.0683. The lowest BCUT2D eigenvalue weighted by molar-refractivity contribution is 0.0746. The van der Waals surface area contributed by atoms with Crippen molar-refractivity contribution < 1.29 is 9.53 Å². The first-order valence-electron chi connectivity index (χ1n) is 11.4. The Balaban J connectivity index is 1.20. The van der Waals surface area contributed by atoms with E-state index in [-0.39, 0.29) is 5.91 Å². The molecule has 6 heteroatoms. The van der Waals surface area contributed by atoms with Crippen molar-refractivity contribution in [3.05, 3.63) is 96.6 Å². The number of piperazine rings is 1. The fourth-order valence-electron chi connectivity index (χ4n) is 4.19. The maximum absolute atomic E-state index is 13.0. The van der Waals surface area contributed by atoms with E-state index >= 15 is 0 Å². The fraction of sp³-hybridized carbons (Fsp3) is 0.179. The van der Waals surface area contributed by atoms with Crippen molar-refractivity contribution in [3.63, 3.8) is 0 Å². The molecular weight excluding hydrogens is 424 g/mol. The summed E-state index contributed by atoms with van der Waals surface area (Å²) in [6.45, 7) is 2.75. The Morgan fingerprint density at radius 1 is 0.735 bits per heavy atom. The van der Waals surface area contributed by atoms with Crippen LogP contribution in [0.15, 0.2) is 91.0 Å². The molecule has 1 aliphatic rings. The number of ether oxygens (including phenoxy) is 1. The van der Waals surface area contributed by atoms with Crippen molar-refractivity contribution in [1.29, 1.82) is 0 Å². The van der Waals surface area contributed by atoms with Gasteiger partial charge < -0.3 is 14.5 Å². The van der Waals surface area contributed by atoms with E-state index in [0.717, 1.165) is 52.6 Å². The number of nitrogens with zero attached hydrogens (tertiary/aromatic N) is 4. The highest BCUT2D eigenvalue weighted by atomic mass is 16.5. The van der Waals surface area contributed by atoms with Crippen LogP contribution in [0.5, 0.6) is 5.75 Å². The van der Waals surface area contributed by atoms with Crippen LogP contribution < -0.4 is 9.64 Å². The van der Waals surface area contributed by atoms with Gasteiger partial charge in [0.05, 0.1) is 12.8 Å². The van der Waals surface area contributed by atoms with E-state index in [1.54, 1.807) is 7.11 Å². The molecule has 2 heterocycles. The molecular formula is C28H26N4O2. The molecule has 0 spiro atoms. The number of methoxy groups -OCH3 is 1. The van der Waals surface area contributed by atoms with Crippen LogP contribution in [-0.4, -0.2) is 54.3 Å². The predicted octanol–water partition coefficient (Wildman–Crippen LogP) is 4.78. The van der Waals surface area contributed by atoms with Crippen LogP contribution in [0.4, 0.5) is 5.82 Å². The summed E-state index contributed by atoms with van der Waals surface area (Å²) in [6, 6.07) is 29.8. The van der Waals surface area contributed by atoms with Crippen molar-refractivity contribution >= 4 is 11.7 Å². The number of hydrogen-bond acceptors (Lipinski definition) is 5. The second-order valence-electron chi connectivity index (χ2n) is 8.23. The number of rotatable bonds is 5. The van der Waals surface area contributed by atoms with Crippen LogP contribution >= 0.6 is 0 Å². The molecule has 1 amide bonds. The molecule has 1 saturated heterocycles. The Hall–Kier alpha value is -4.19. The van der Waals surface area contributed by atoms with Gasteiger partial charge in [0.15, 0.2) is 5.82 Å². The quantitative estimate of drug-likeness (QED) is 0.438. The number of carbonyl (C=O) groups is 1. The van der Waals surface area contributed by atoms with E-state index in [1.165, 1.54) is 0 Å². The number of benzene rings is 3. The number of amides is 1. The molecule has 1 aliphatic heterocycles. The summed E-state index contributed by atoms with van der Waals surface area (Å²) in [5.41, 5.74) is 4.74. The zero-order chi connectivity index (χ0) is 23.3. The molecule has 1 aromatic heterocycles. The van der Waals surface area contributed by atoms with Crippen molar-refractivity contribution in [2.24, 2.45) is 0 Å². The molecule has 0 saturated carbocycles. The van der Waals surface area contributed by atoms with E-state index in [4.69, 9.17) is 4.74 Å². The highest BCUT2D eigenvalue weighted by Crippen LogP contribution is 2.24. The molecule has 34 heavy (non-hydrogen) atoms. The summed E-state index contributed by atoms with van der Waals surface area (Å²) in [7, 11) is 1.65. The van der Waals surface area contributed by atoms with Gasteiger partial charge in [-0.1, -0.05) is 54.6 Å². The van der Waals surface area contributed by atoms with Crippen LogP contribution in [0.2, 0.25) is 0 Å². The second kappa shape index (κ2) is 9.75. The average molecular weight is 451 g/mol. The summed E-state index contributed by atoms with van der Waals surface area (Å²) in [5, 5.41) is 8.84. The van der Waals surface area contributed by atoms with Crippen molar-refractivity contribution in [1.82, 2.24) is 15.1 Å². The largest absolute Gasteiger partial charge is 0.497 e. The fourth-order valence-corrected chi connectivity index (χ4v) is 4.19. The van der Waals surface area contributed by atoms with Gasteiger partial charge in [0, 0.05) is 37.3 Å². The van der Waals surface area contributed by atoms with E-state index in [2.05, 4.69) is 27.2 Å². The van der Waals surface area contributed by atoms with Gasteiger partial charge in [-0.2, -0.15) is 0 Å². The van der Waals surface area contributed by atoms with Gasteiger partial charge >= 0.3 is 0 Å². The smallest absolute Gasteiger partial charge is 0.253 e. The van der Waals surface area contributed by atoms with Gasteiger partial charge in [-0.15, -0.1) is 10.2 Å². The van der Waals surface area contributed by atoms with Crippen molar-refractivity contribution in [2.45, 2.75) is 0 Å². The number of anilines is 1. The monoisotopic (exact) mass is 450 g/mol. The molecule has 0 N–H and O–H groups in total. The minimum Gasteiger partial charge on any atom is -0.497 e. The van der Waals surface area contributed by atoms with Crippen LogP contribution in [0.1, 0.15) is 10.4 Å². The summed E-state index contributed by atoms with van der Waals surface area (Å²) in [4.78, 5) is 17.1. The van der Waals surface area contributed by atoms with Crippen molar-refractivity contribution in [2.75, 3.05) is 38.2 Å². The summed E-state index contributed by atoms with van der Waals surface area (Å²) in [6.07, 6.45) is 0. The predicted molar refractivity (Wildman–Crippen MR) is 134 cm³/mol. The first-order valence-corrected chi connectivity index (χ1v) is 11.4. The summed E-state index contributed by atoms with van der Waals surface area (Å²) >= 11 is 0. The maximum atomic E-state index is 13.0. The highest BCUT2D eigenvalue weighted by molar-refractivity contribution is 5.95.